The number of allylic oxidation sites excluding steroid dienone is 2. The number of carbonyl (C=O) groups is 1. The molecular weight excluding hydrogens is 434 g/mol. The van der Waals surface area contributed by atoms with Gasteiger partial charge in [0.05, 0.1) is 17.3 Å². The van der Waals surface area contributed by atoms with Crippen LogP contribution in [0.4, 0.5) is 0 Å². The second-order valence-electron chi connectivity index (χ2n) is 7.90. The molecule has 1 heterocycles. The maximum atomic E-state index is 9.99. The number of nitriles is 1. The summed E-state index contributed by atoms with van der Waals surface area (Å²) in [6, 6.07) is 10.3. The monoisotopic (exact) mass is 475 g/mol. The van der Waals surface area contributed by atoms with E-state index in [4.69, 9.17) is 26.6 Å². The fraction of sp³-hybridized carbons (Fsp3) is 0.519. The minimum absolute atomic E-state index is 0.122. The minimum Gasteiger partial charge on any atom is -0.483 e. The van der Waals surface area contributed by atoms with Crippen LogP contribution in [0.3, 0.4) is 0 Å². The summed E-state index contributed by atoms with van der Waals surface area (Å²) in [4.78, 5) is 8.36. The number of halogens is 1. The Morgan fingerprint density at radius 1 is 1.21 bits per heavy atom. The lowest BCUT2D eigenvalue weighted by Gasteiger charge is -2.21. The first kappa shape index (κ1) is 32.6. The largest absolute Gasteiger partial charge is 0.483 e. The van der Waals surface area contributed by atoms with Gasteiger partial charge < -0.3 is 5.11 Å². The highest BCUT2D eigenvalue weighted by molar-refractivity contribution is 6.31. The van der Waals surface area contributed by atoms with Crippen LogP contribution in [-0.4, -0.2) is 21.4 Å². The summed E-state index contributed by atoms with van der Waals surface area (Å²) < 4.78 is 1.98. The molecule has 0 fully saturated rings. The quantitative estimate of drug-likeness (QED) is 0.349. The second kappa shape index (κ2) is 17.0. The van der Waals surface area contributed by atoms with Crippen molar-refractivity contribution < 1.29 is 9.90 Å². The summed E-state index contributed by atoms with van der Waals surface area (Å²) in [7, 11) is 0. The SMILES string of the molecule is CC.CC.CCC/C(C)=C(\C#N)C(c1ccccc1Cl)c1cn(C(C)(C)C)nc1C.O=CO. The van der Waals surface area contributed by atoms with Crippen molar-refractivity contribution in [2.24, 2.45) is 0 Å². The molecule has 2 aromatic rings. The minimum atomic E-state index is -0.250. The van der Waals surface area contributed by atoms with Crippen LogP contribution in [0, 0.1) is 18.3 Å². The van der Waals surface area contributed by atoms with Crippen LogP contribution in [0.15, 0.2) is 41.6 Å². The van der Waals surface area contributed by atoms with Crippen molar-refractivity contribution in [2.45, 2.75) is 93.5 Å². The van der Waals surface area contributed by atoms with E-state index >= 15 is 0 Å². The van der Waals surface area contributed by atoms with Crippen LogP contribution >= 0.6 is 11.6 Å². The smallest absolute Gasteiger partial charge is 0.290 e. The Balaban J connectivity index is 0. The Hall–Kier alpha value is -2.58. The third-order valence-electron chi connectivity index (χ3n) is 4.65. The van der Waals surface area contributed by atoms with Crippen LogP contribution in [0.25, 0.3) is 0 Å². The van der Waals surface area contributed by atoms with Crippen molar-refractivity contribution in [1.29, 1.82) is 5.26 Å². The summed E-state index contributed by atoms with van der Waals surface area (Å²) in [6.07, 6.45) is 3.97. The molecule has 0 aliphatic rings. The molecule has 0 saturated carbocycles. The third-order valence-corrected chi connectivity index (χ3v) is 4.99. The van der Waals surface area contributed by atoms with Crippen molar-refractivity contribution in [1.82, 2.24) is 9.78 Å². The Morgan fingerprint density at radius 2 is 1.73 bits per heavy atom. The predicted molar refractivity (Wildman–Crippen MR) is 140 cm³/mol. The van der Waals surface area contributed by atoms with Crippen molar-refractivity contribution in [3.63, 3.8) is 0 Å². The molecule has 0 spiro atoms. The van der Waals surface area contributed by atoms with E-state index in [1.807, 2.05) is 63.6 Å². The van der Waals surface area contributed by atoms with Gasteiger partial charge in [-0.25, -0.2) is 0 Å². The number of rotatable bonds is 5. The van der Waals surface area contributed by atoms with E-state index in [9.17, 15) is 5.26 Å². The first-order valence-corrected chi connectivity index (χ1v) is 12.0. The number of nitrogens with zero attached hydrogens (tertiary/aromatic N) is 3. The molecule has 1 N–H and O–H groups in total. The van der Waals surface area contributed by atoms with Crippen molar-refractivity contribution in [2.75, 3.05) is 0 Å². The fourth-order valence-corrected chi connectivity index (χ4v) is 3.45. The zero-order valence-electron chi connectivity index (χ0n) is 22.0. The number of benzene rings is 1. The van der Waals surface area contributed by atoms with Gasteiger partial charge in [-0.3, -0.25) is 9.48 Å². The van der Waals surface area contributed by atoms with Crippen molar-refractivity contribution >= 4 is 18.1 Å². The van der Waals surface area contributed by atoms with Crippen LogP contribution in [-0.2, 0) is 10.3 Å². The molecule has 184 valence electrons. The van der Waals surface area contributed by atoms with Crippen molar-refractivity contribution in [3.8, 4) is 6.07 Å². The van der Waals surface area contributed by atoms with Gasteiger partial charge in [0.25, 0.3) is 6.47 Å². The molecule has 0 aliphatic heterocycles. The third kappa shape index (κ3) is 9.84. The molecular formula is C27H42ClN3O2. The first-order valence-electron chi connectivity index (χ1n) is 11.6. The molecule has 0 amide bonds. The van der Waals surface area contributed by atoms with Gasteiger partial charge in [0, 0.05) is 28.3 Å². The van der Waals surface area contributed by atoms with E-state index in [0.717, 1.165) is 40.8 Å². The highest BCUT2D eigenvalue weighted by Crippen LogP contribution is 2.39. The number of carboxylic acid groups (broad SMARTS) is 1. The lowest BCUT2D eigenvalue weighted by atomic mass is 9.82. The number of hydrogen-bond acceptors (Lipinski definition) is 3. The summed E-state index contributed by atoms with van der Waals surface area (Å²) in [5, 5.41) is 22.3. The molecule has 1 unspecified atom stereocenters. The average Bonchev–Trinajstić information content (AvgIpc) is 3.18. The lowest BCUT2D eigenvalue weighted by Crippen LogP contribution is -2.22. The molecule has 5 nitrogen and oxygen atoms in total. The van der Waals surface area contributed by atoms with E-state index in [1.54, 1.807) is 0 Å². The maximum Gasteiger partial charge on any atom is 0.290 e. The number of aryl methyl sites for hydroxylation is 1. The van der Waals surface area contributed by atoms with Crippen molar-refractivity contribution in [3.05, 3.63) is 63.5 Å². The molecule has 0 saturated heterocycles. The molecule has 2 rings (SSSR count). The van der Waals surface area contributed by atoms with Gasteiger partial charge in [-0.05, 0) is 52.7 Å². The zero-order valence-corrected chi connectivity index (χ0v) is 22.8. The van der Waals surface area contributed by atoms with E-state index in [2.05, 4.69) is 46.9 Å². The van der Waals surface area contributed by atoms with E-state index < -0.39 is 0 Å². The van der Waals surface area contributed by atoms with Crippen LogP contribution in [0.5, 0.6) is 0 Å². The Kier molecular flexibility index (Phi) is 16.8. The zero-order chi connectivity index (χ0) is 26.2. The molecule has 0 aliphatic carbocycles. The first-order chi connectivity index (χ1) is 15.6. The number of hydrogen-bond donors (Lipinski definition) is 1. The summed E-state index contributed by atoms with van der Waals surface area (Å²) in [6.45, 7) is 20.3. The van der Waals surface area contributed by atoms with E-state index in [-0.39, 0.29) is 17.9 Å². The molecule has 6 heteroatoms. The highest BCUT2D eigenvalue weighted by Gasteiger charge is 2.28. The fourth-order valence-electron chi connectivity index (χ4n) is 3.20. The van der Waals surface area contributed by atoms with Crippen LogP contribution < -0.4 is 0 Å². The van der Waals surface area contributed by atoms with Gasteiger partial charge in [-0.15, -0.1) is 0 Å². The lowest BCUT2D eigenvalue weighted by molar-refractivity contribution is -0.122. The molecule has 1 atom stereocenters. The molecule has 33 heavy (non-hydrogen) atoms. The Bertz CT molecular complexity index is 903. The molecule has 1 aromatic carbocycles. The van der Waals surface area contributed by atoms with Crippen LogP contribution in [0.1, 0.15) is 97.9 Å². The molecule has 0 radical (unpaired) electrons. The van der Waals surface area contributed by atoms with E-state index in [1.165, 1.54) is 0 Å². The average molecular weight is 476 g/mol. The normalized spacial score (nSPS) is 11.7. The maximum absolute atomic E-state index is 9.99. The Morgan fingerprint density at radius 3 is 2.12 bits per heavy atom. The standard InChI is InChI=1S/C22H28ClN3.2C2H6.CH2O2/c1-7-10-15(2)18(13-24)21(17-11-8-9-12-20(17)23)19-14-26(22(4,5)6)25-16(19)3;2*1-2;2-1-3/h8-9,11-12,14,21H,7,10H2,1-6H3;2*1-2H3;1H,(H,2,3)/b18-15+;;;. The summed E-state index contributed by atoms with van der Waals surface area (Å²) in [5.74, 6) is -0.198. The highest BCUT2D eigenvalue weighted by atomic mass is 35.5. The summed E-state index contributed by atoms with van der Waals surface area (Å²) in [5.41, 5.74) is 4.70. The van der Waals surface area contributed by atoms with Gasteiger partial charge in [0.1, 0.15) is 0 Å². The van der Waals surface area contributed by atoms with Gasteiger partial charge in [-0.2, -0.15) is 10.4 Å². The summed E-state index contributed by atoms with van der Waals surface area (Å²) >= 11 is 6.54. The van der Waals surface area contributed by atoms with Gasteiger partial charge in [0.2, 0.25) is 0 Å². The molecule has 1 aromatic heterocycles. The second-order valence-corrected chi connectivity index (χ2v) is 8.31. The van der Waals surface area contributed by atoms with Gasteiger partial charge >= 0.3 is 0 Å². The van der Waals surface area contributed by atoms with Gasteiger partial charge in [-0.1, -0.05) is 76.4 Å². The number of aromatic nitrogens is 2. The van der Waals surface area contributed by atoms with Gasteiger partial charge in [0.15, 0.2) is 0 Å². The van der Waals surface area contributed by atoms with Crippen LogP contribution in [0.2, 0.25) is 5.02 Å². The Labute approximate surface area is 206 Å². The molecule has 0 bridgehead atoms. The van der Waals surface area contributed by atoms with E-state index in [0.29, 0.717) is 5.02 Å². The predicted octanol–water partition coefficient (Wildman–Crippen LogP) is 8.13. The topological polar surface area (TPSA) is 78.9 Å².